The SMILES string of the molecule is C/C(O)=C/C(=N)C(Oc1ccc2c(c1)C=CCN2)c1ccccc1. The Morgan fingerprint density at radius 1 is 1.25 bits per heavy atom. The number of nitrogens with one attached hydrogen (secondary N) is 2. The summed E-state index contributed by atoms with van der Waals surface area (Å²) in [7, 11) is 0. The van der Waals surface area contributed by atoms with Crippen molar-refractivity contribution in [1.82, 2.24) is 0 Å². The second-order valence-corrected chi connectivity index (χ2v) is 5.68. The minimum absolute atomic E-state index is 0.0853. The lowest BCUT2D eigenvalue weighted by molar-refractivity contribution is 0.273. The molecule has 122 valence electrons. The molecule has 1 heterocycles. The summed E-state index contributed by atoms with van der Waals surface area (Å²) in [5, 5.41) is 21.1. The summed E-state index contributed by atoms with van der Waals surface area (Å²) in [4.78, 5) is 0. The van der Waals surface area contributed by atoms with Crippen LogP contribution in [0.3, 0.4) is 0 Å². The third-order valence-corrected chi connectivity index (χ3v) is 3.73. The van der Waals surface area contributed by atoms with Crippen molar-refractivity contribution in [2.45, 2.75) is 13.0 Å². The van der Waals surface area contributed by atoms with Crippen LogP contribution in [0.2, 0.25) is 0 Å². The van der Waals surface area contributed by atoms with Gasteiger partial charge in [-0.05, 0) is 30.7 Å². The van der Waals surface area contributed by atoms with Gasteiger partial charge in [0.1, 0.15) is 5.75 Å². The van der Waals surface area contributed by atoms with Crippen molar-refractivity contribution >= 4 is 17.5 Å². The highest BCUT2D eigenvalue weighted by molar-refractivity contribution is 5.97. The molecular weight excluding hydrogens is 300 g/mol. The largest absolute Gasteiger partial charge is 0.513 e. The van der Waals surface area contributed by atoms with Crippen molar-refractivity contribution in [2.75, 3.05) is 11.9 Å². The molecule has 1 aliphatic heterocycles. The number of anilines is 1. The third kappa shape index (κ3) is 3.66. The monoisotopic (exact) mass is 320 g/mol. The lowest BCUT2D eigenvalue weighted by atomic mass is 10.0. The summed E-state index contributed by atoms with van der Waals surface area (Å²) in [5.41, 5.74) is 3.20. The van der Waals surface area contributed by atoms with Gasteiger partial charge in [0, 0.05) is 23.9 Å². The van der Waals surface area contributed by atoms with Crippen LogP contribution in [0.15, 0.2) is 66.4 Å². The second kappa shape index (κ2) is 7.04. The number of aliphatic hydroxyl groups excluding tert-OH is 1. The predicted octanol–water partition coefficient (Wildman–Crippen LogP) is 4.73. The quantitative estimate of drug-likeness (QED) is 0.551. The Bertz CT molecular complexity index is 791. The Hall–Kier alpha value is -3.01. The summed E-state index contributed by atoms with van der Waals surface area (Å²) >= 11 is 0. The Kier molecular flexibility index (Phi) is 4.66. The summed E-state index contributed by atoms with van der Waals surface area (Å²) in [5.74, 6) is 0.770. The van der Waals surface area contributed by atoms with Crippen LogP contribution >= 0.6 is 0 Å². The molecular formula is C20H20N2O2. The normalized spacial score (nSPS) is 14.5. The van der Waals surface area contributed by atoms with Crippen LogP contribution in [0.1, 0.15) is 24.2 Å². The molecule has 3 N–H and O–H groups in total. The molecule has 2 aromatic carbocycles. The molecule has 4 heteroatoms. The van der Waals surface area contributed by atoms with Crippen LogP contribution in [-0.2, 0) is 0 Å². The molecule has 3 rings (SSSR count). The van der Waals surface area contributed by atoms with Crippen molar-refractivity contribution in [3.63, 3.8) is 0 Å². The van der Waals surface area contributed by atoms with Crippen molar-refractivity contribution in [3.8, 4) is 5.75 Å². The zero-order chi connectivity index (χ0) is 16.9. The highest BCUT2D eigenvalue weighted by Gasteiger charge is 2.18. The average Bonchev–Trinajstić information content (AvgIpc) is 2.59. The van der Waals surface area contributed by atoms with E-state index in [4.69, 9.17) is 10.1 Å². The van der Waals surface area contributed by atoms with E-state index in [0.29, 0.717) is 5.75 Å². The van der Waals surface area contributed by atoms with Crippen molar-refractivity contribution < 1.29 is 9.84 Å². The fourth-order valence-corrected chi connectivity index (χ4v) is 2.64. The maximum absolute atomic E-state index is 9.49. The van der Waals surface area contributed by atoms with E-state index in [1.807, 2.05) is 48.5 Å². The van der Waals surface area contributed by atoms with E-state index in [1.165, 1.54) is 6.08 Å². The first kappa shape index (κ1) is 15.9. The molecule has 4 nitrogen and oxygen atoms in total. The van der Waals surface area contributed by atoms with Gasteiger partial charge in [0.25, 0.3) is 0 Å². The minimum atomic E-state index is -0.577. The topological polar surface area (TPSA) is 65.3 Å². The molecule has 0 spiro atoms. The molecule has 1 atom stereocenters. The summed E-state index contributed by atoms with van der Waals surface area (Å²) < 4.78 is 6.09. The average molecular weight is 320 g/mol. The van der Waals surface area contributed by atoms with Gasteiger partial charge < -0.3 is 20.6 Å². The number of rotatable bonds is 5. The van der Waals surface area contributed by atoms with E-state index in [2.05, 4.69) is 17.5 Å². The summed E-state index contributed by atoms with van der Waals surface area (Å²) in [6.45, 7) is 2.37. The van der Waals surface area contributed by atoms with Gasteiger partial charge in [-0.15, -0.1) is 0 Å². The molecule has 0 amide bonds. The molecule has 0 aromatic heterocycles. The molecule has 0 bridgehead atoms. The summed E-state index contributed by atoms with van der Waals surface area (Å²) in [6.07, 6.45) is 4.95. The van der Waals surface area contributed by atoms with E-state index in [-0.39, 0.29) is 11.5 Å². The van der Waals surface area contributed by atoms with Crippen LogP contribution in [0.4, 0.5) is 5.69 Å². The highest BCUT2D eigenvalue weighted by atomic mass is 16.5. The molecule has 1 aliphatic rings. The van der Waals surface area contributed by atoms with E-state index < -0.39 is 6.10 Å². The number of hydrogen-bond donors (Lipinski definition) is 3. The van der Waals surface area contributed by atoms with Gasteiger partial charge in [0.2, 0.25) is 0 Å². The first-order valence-corrected chi connectivity index (χ1v) is 7.85. The Morgan fingerprint density at radius 3 is 2.79 bits per heavy atom. The highest BCUT2D eigenvalue weighted by Crippen LogP contribution is 2.29. The van der Waals surface area contributed by atoms with Crippen LogP contribution < -0.4 is 10.1 Å². The Labute approximate surface area is 141 Å². The van der Waals surface area contributed by atoms with Gasteiger partial charge in [0.15, 0.2) is 6.10 Å². The van der Waals surface area contributed by atoms with E-state index in [9.17, 15) is 5.11 Å². The van der Waals surface area contributed by atoms with Crippen LogP contribution in [0, 0.1) is 5.41 Å². The van der Waals surface area contributed by atoms with Gasteiger partial charge >= 0.3 is 0 Å². The molecule has 2 aromatic rings. The van der Waals surface area contributed by atoms with E-state index in [1.54, 1.807) is 6.92 Å². The molecule has 24 heavy (non-hydrogen) atoms. The first-order valence-electron chi connectivity index (χ1n) is 7.85. The standard InChI is InChI=1S/C20H20N2O2/c1-14(23)12-18(21)20(15-6-3-2-4-7-15)24-17-9-10-19-16(13-17)8-5-11-22-19/h2-10,12-13,20-23H,11H2,1H3/b14-12-,21-18?. The molecule has 0 radical (unpaired) electrons. The Balaban J connectivity index is 1.91. The van der Waals surface area contributed by atoms with E-state index >= 15 is 0 Å². The molecule has 0 aliphatic carbocycles. The minimum Gasteiger partial charge on any atom is -0.513 e. The number of aliphatic hydroxyl groups is 1. The maximum Gasteiger partial charge on any atom is 0.165 e. The predicted molar refractivity (Wildman–Crippen MR) is 97.9 cm³/mol. The second-order valence-electron chi connectivity index (χ2n) is 5.68. The van der Waals surface area contributed by atoms with E-state index in [0.717, 1.165) is 23.4 Å². The zero-order valence-corrected chi connectivity index (χ0v) is 13.5. The van der Waals surface area contributed by atoms with Gasteiger partial charge in [-0.25, -0.2) is 0 Å². The summed E-state index contributed by atoms with van der Waals surface area (Å²) in [6, 6.07) is 15.4. The van der Waals surface area contributed by atoms with Crippen molar-refractivity contribution in [1.29, 1.82) is 5.41 Å². The van der Waals surface area contributed by atoms with Crippen LogP contribution in [-0.4, -0.2) is 17.4 Å². The van der Waals surface area contributed by atoms with Crippen LogP contribution in [0.5, 0.6) is 5.75 Å². The molecule has 0 fully saturated rings. The number of ether oxygens (including phenoxy) is 1. The van der Waals surface area contributed by atoms with Crippen LogP contribution in [0.25, 0.3) is 6.08 Å². The smallest absolute Gasteiger partial charge is 0.165 e. The lowest BCUT2D eigenvalue weighted by Gasteiger charge is -2.21. The molecule has 1 unspecified atom stereocenters. The number of fused-ring (bicyclic) bond motifs is 1. The van der Waals surface area contributed by atoms with Gasteiger partial charge in [-0.1, -0.05) is 42.5 Å². The van der Waals surface area contributed by atoms with Gasteiger partial charge in [-0.3, -0.25) is 0 Å². The maximum atomic E-state index is 9.49. The van der Waals surface area contributed by atoms with Crippen molar-refractivity contribution in [3.05, 3.63) is 77.6 Å². The van der Waals surface area contributed by atoms with Gasteiger partial charge in [-0.2, -0.15) is 0 Å². The fraction of sp³-hybridized carbons (Fsp3) is 0.150. The third-order valence-electron chi connectivity index (χ3n) is 3.73. The first-order chi connectivity index (χ1) is 11.6. The Morgan fingerprint density at radius 2 is 2.04 bits per heavy atom. The van der Waals surface area contributed by atoms with Gasteiger partial charge in [0.05, 0.1) is 11.5 Å². The number of benzene rings is 2. The number of hydrogen-bond acceptors (Lipinski definition) is 4. The van der Waals surface area contributed by atoms with Crippen molar-refractivity contribution in [2.24, 2.45) is 0 Å². The molecule has 0 saturated heterocycles. The zero-order valence-electron chi connectivity index (χ0n) is 13.5. The molecule has 0 saturated carbocycles. The number of allylic oxidation sites excluding steroid dienone is 1. The lowest BCUT2D eigenvalue weighted by Crippen LogP contribution is -2.17. The fourth-order valence-electron chi connectivity index (χ4n) is 2.64.